The lowest BCUT2D eigenvalue weighted by molar-refractivity contribution is 0.0924. The highest BCUT2D eigenvalue weighted by Gasteiger charge is 2.27. The highest BCUT2D eigenvalue weighted by Crippen LogP contribution is 2.24. The Hall–Kier alpha value is -1.35. The third-order valence-electron chi connectivity index (χ3n) is 4.13. The van der Waals surface area contributed by atoms with E-state index in [9.17, 15) is 4.79 Å². The van der Waals surface area contributed by atoms with Crippen LogP contribution in [-0.2, 0) is 0 Å². The molecular weight excluding hydrogens is 236 g/mol. The monoisotopic (exact) mass is 260 g/mol. The summed E-state index contributed by atoms with van der Waals surface area (Å²) in [7, 11) is 0. The second kappa shape index (κ2) is 5.74. The molecule has 1 amide bonds. The van der Waals surface area contributed by atoms with E-state index in [1.807, 2.05) is 25.1 Å². The Morgan fingerprint density at radius 3 is 2.79 bits per heavy atom. The highest BCUT2D eigenvalue weighted by molar-refractivity contribution is 5.94. The van der Waals surface area contributed by atoms with Crippen LogP contribution in [0.3, 0.4) is 0 Å². The number of piperidine rings is 1. The number of amides is 1. The summed E-state index contributed by atoms with van der Waals surface area (Å²) in [6, 6.07) is 5.87. The lowest BCUT2D eigenvalue weighted by Gasteiger charge is -2.34. The SMILES string of the molecule is Cc1ccc(C(=O)NCC2(C)CCCNC2)cc1C. The molecule has 1 aliphatic heterocycles. The van der Waals surface area contributed by atoms with Crippen LogP contribution >= 0.6 is 0 Å². The van der Waals surface area contributed by atoms with Crippen LogP contribution in [0.5, 0.6) is 0 Å². The van der Waals surface area contributed by atoms with Gasteiger partial charge in [-0.05, 0) is 61.9 Å². The summed E-state index contributed by atoms with van der Waals surface area (Å²) in [4.78, 5) is 12.2. The fraction of sp³-hybridized carbons (Fsp3) is 0.562. The molecule has 1 heterocycles. The number of carbonyl (C=O) groups is 1. The Bertz CT molecular complexity index is 462. The van der Waals surface area contributed by atoms with Crippen molar-refractivity contribution in [3.8, 4) is 0 Å². The van der Waals surface area contributed by atoms with Crippen molar-refractivity contribution in [2.45, 2.75) is 33.6 Å². The summed E-state index contributed by atoms with van der Waals surface area (Å²) >= 11 is 0. The molecule has 0 spiro atoms. The summed E-state index contributed by atoms with van der Waals surface area (Å²) in [6.07, 6.45) is 2.36. The van der Waals surface area contributed by atoms with Gasteiger partial charge in [-0.2, -0.15) is 0 Å². The van der Waals surface area contributed by atoms with Crippen LogP contribution in [0, 0.1) is 19.3 Å². The van der Waals surface area contributed by atoms with Gasteiger partial charge in [0.25, 0.3) is 5.91 Å². The predicted octanol–water partition coefficient (Wildman–Crippen LogP) is 2.42. The van der Waals surface area contributed by atoms with Crippen LogP contribution in [0.25, 0.3) is 0 Å². The summed E-state index contributed by atoms with van der Waals surface area (Å²) in [5.74, 6) is 0.0369. The molecule has 1 aromatic carbocycles. The third-order valence-corrected chi connectivity index (χ3v) is 4.13. The quantitative estimate of drug-likeness (QED) is 0.876. The van der Waals surface area contributed by atoms with E-state index < -0.39 is 0 Å². The number of nitrogens with one attached hydrogen (secondary N) is 2. The average Bonchev–Trinajstić information content (AvgIpc) is 2.40. The summed E-state index contributed by atoms with van der Waals surface area (Å²) in [6.45, 7) is 9.16. The molecule has 1 saturated heterocycles. The standard InChI is InChI=1S/C16H24N2O/c1-12-5-6-14(9-13(12)2)15(19)18-11-16(3)7-4-8-17-10-16/h5-6,9,17H,4,7-8,10-11H2,1-3H3,(H,18,19). The number of hydrogen-bond acceptors (Lipinski definition) is 2. The maximum absolute atomic E-state index is 12.2. The molecule has 1 aromatic rings. The van der Waals surface area contributed by atoms with E-state index in [0.717, 1.165) is 30.8 Å². The largest absolute Gasteiger partial charge is 0.351 e. The van der Waals surface area contributed by atoms with Crippen LogP contribution in [0.4, 0.5) is 0 Å². The number of rotatable bonds is 3. The second-order valence-electron chi connectivity index (χ2n) is 6.07. The molecule has 1 fully saturated rings. The minimum atomic E-state index is 0.0369. The van der Waals surface area contributed by atoms with Gasteiger partial charge < -0.3 is 10.6 Å². The Kier molecular flexibility index (Phi) is 4.25. The molecule has 0 aliphatic carbocycles. The first-order valence-corrected chi connectivity index (χ1v) is 7.06. The molecule has 0 radical (unpaired) electrons. The predicted molar refractivity (Wildman–Crippen MR) is 78.5 cm³/mol. The van der Waals surface area contributed by atoms with Crippen LogP contribution in [-0.4, -0.2) is 25.5 Å². The molecule has 1 aliphatic rings. The minimum Gasteiger partial charge on any atom is -0.351 e. The maximum atomic E-state index is 12.2. The summed E-state index contributed by atoms with van der Waals surface area (Å²) in [5, 5.41) is 6.48. The van der Waals surface area contributed by atoms with E-state index >= 15 is 0 Å². The number of aryl methyl sites for hydroxylation is 2. The molecule has 104 valence electrons. The topological polar surface area (TPSA) is 41.1 Å². The van der Waals surface area contributed by atoms with E-state index in [1.165, 1.54) is 18.4 Å². The Balaban J connectivity index is 1.95. The molecule has 3 heteroatoms. The number of benzene rings is 1. The van der Waals surface area contributed by atoms with Crippen LogP contribution in [0.1, 0.15) is 41.3 Å². The first-order chi connectivity index (χ1) is 9.00. The fourth-order valence-electron chi connectivity index (χ4n) is 2.55. The molecule has 1 atom stereocenters. The van der Waals surface area contributed by atoms with E-state index in [4.69, 9.17) is 0 Å². The van der Waals surface area contributed by atoms with Crippen molar-refractivity contribution in [2.24, 2.45) is 5.41 Å². The van der Waals surface area contributed by atoms with Crippen molar-refractivity contribution in [2.75, 3.05) is 19.6 Å². The normalized spacial score (nSPS) is 23.1. The van der Waals surface area contributed by atoms with Crippen molar-refractivity contribution in [3.05, 3.63) is 34.9 Å². The van der Waals surface area contributed by atoms with Crippen LogP contribution in [0.15, 0.2) is 18.2 Å². The Morgan fingerprint density at radius 2 is 2.16 bits per heavy atom. The highest BCUT2D eigenvalue weighted by atomic mass is 16.1. The smallest absolute Gasteiger partial charge is 0.251 e. The molecule has 0 aromatic heterocycles. The van der Waals surface area contributed by atoms with Crippen LogP contribution < -0.4 is 10.6 Å². The van der Waals surface area contributed by atoms with Crippen molar-refractivity contribution in [1.82, 2.24) is 10.6 Å². The molecule has 19 heavy (non-hydrogen) atoms. The van der Waals surface area contributed by atoms with Gasteiger partial charge in [0.1, 0.15) is 0 Å². The molecule has 0 saturated carbocycles. The second-order valence-corrected chi connectivity index (χ2v) is 6.07. The van der Waals surface area contributed by atoms with Crippen molar-refractivity contribution < 1.29 is 4.79 Å². The molecular formula is C16H24N2O. The summed E-state index contributed by atoms with van der Waals surface area (Å²) in [5.41, 5.74) is 3.34. The van der Waals surface area contributed by atoms with E-state index in [1.54, 1.807) is 0 Å². The zero-order valence-electron chi connectivity index (χ0n) is 12.2. The first-order valence-electron chi connectivity index (χ1n) is 7.06. The molecule has 0 bridgehead atoms. The zero-order valence-corrected chi connectivity index (χ0v) is 12.2. The van der Waals surface area contributed by atoms with Gasteiger partial charge in [-0.3, -0.25) is 4.79 Å². The van der Waals surface area contributed by atoms with E-state index in [-0.39, 0.29) is 11.3 Å². The molecule has 3 nitrogen and oxygen atoms in total. The molecule has 2 N–H and O–H groups in total. The third kappa shape index (κ3) is 3.57. The number of carbonyl (C=O) groups excluding carboxylic acids is 1. The summed E-state index contributed by atoms with van der Waals surface area (Å²) < 4.78 is 0. The van der Waals surface area contributed by atoms with Crippen molar-refractivity contribution in [1.29, 1.82) is 0 Å². The van der Waals surface area contributed by atoms with Gasteiger partial charge in [0.15, 0.2) is 0 Å². The Labute approximate surface area is 115 Å². The van der Waals surface area contributed by atoms with Gasteiger partial charge in [0.05, 0.1) is 0 Å². The van der Waals surface area contributed by atoms with Gasteiger partial charge in [0, 0.05) is 18.7 Å². The number of hydrogen-bond donors (Lipinski definition) is 2. The van der Waals surface area contributed by atoms with Gasteiger partial charge in [-0.15, -0.1) is 0 Å². The van der Waals surface area contributed by atoms with Gasteiger partial charge in [0.2, 0.25) is 0 Å². The van der Waals surface area contributed by atoms with E-state index in [0.29, 0.717) is 0 Å². The zero-order chi connectivity index (χ0) is 13.9. The Morgan fingerprint density at radius 1 is 1.37 bits per heavy atom. The lowest BCUT2D eigenvalue weighted by Crippen LogP contribution is -2.45. The van der Waals surface area contributed by atoms with Gasteiger partial charge in [-0.1, -0.05) is 13.0 Å². The van der Waals surface area contributed by atoms with E-state index in [2.05, 4.69) is 24.5 Å². The van der Waals surface area contributed by atoms with Crippen molar-refractivity contribution in [3.63, 3.8) is 0 Å². The molecule has 1 unspecified atom stereocenters. The van der Waals surface area contributed by atoms with Gasteiger partial charge >= 0.3 is 0 Å². The molecule has 2 rings (SSSR count). The van der Waals surface area contributed by atoms with Gasteiger partial charge in [-0.25, -0.2) is 0 Å². The van der Waals surface area contributed by atoms with Crippen LogP contribution in [0.2, 0.25) is 0 Å². The fourth-order valence-corrected chi connectivity index (χ4v) is 2.55. The average molecular weight is 260 g/mol. The first kappa shape index (κ1) is 14.1. The maximum Gasteiger partial charge on any atom is 0.251 e. The van der Waals surface area contributed by atoms with Crippen molar-refractivity contribution >= 4 is 5.91 Å². The lowest BCUT2D eigenvalue weighted by atomic mass is 9.83. The minimum absolute atomic E-state index is 0.0369.